The summed E-state index contributed by atoms with van der Waals surface area (Å²) in [5.74, 6) is -3.36. The molecule has 5 nitrogen and oxygen atoms in total. The molecule has 0 spiro atoms. The fraction of sp³-hybridized carbons (Fsp3) is 0.316. The average molecular weight is 412 g/mol. The highest BCUT2D eigenvalue weighted by Crippen LogP contribution is 2.42. The van der Waals surface area contributed by atoms with Crippen molar-refractivity contribution in [1.29, 1.82) is 0 Å². The van der Waals surface area contributed by atoms with Gasteiger partial charge in [-0.1, -0.05) is 6.07 Å². The molecule has 154 valence electrons. The molecular weight excluding hydrogens is 395 g/mol. The minimum atomic E-state index is -2.54. The molecule has 0 aliphatic carbocycles. The van der Waals surface area contributed by atoms with Gasteiger partial charge in [-0.3, -0.25) is 9.79 Å². The molecule has 3 rings (SSSR count). The zero-order chi connectivity index (χ0) is 21.4. The zero-order valence-corrected chi connectivity index (χ0v) is 15.1. The molecule has 2 heterocycles. The van der Waals surface area contributed by atoms with Crippen molar-refractivity contribution in [2.24, 2.45) is 16.5 Å². The van der Waals surface area contributed by atoms with Gasteiger partial charge in [0.25, 0.3) is 5.91 Å². The Morgan fingerprint density at radius 1 is 1.14 bits per heavy atom. The smallest absolute Gasteiger partial charge is 0.267 e. The number of pyridine rings is 1. The monoisotopic (exact) mass is 412 g/mol. The summed E-state index contributed by atoms with van der Waals surface area (Å²) in [6.07, 6.45) is -0.0590. The van der Waals surface area contributed by atoms with Gasteiger partial charge in [0.05, 0.1) is 6.20 Å². The number of hydrogen-bond acceptors (Lipinski definition) is 4. The van der Waals surface area contributed by atoms with E-state index >= 15 is 0 Å². The summed E-state index contributed by atoms with van der Waals surface area (Å²) in [5, 5.41) is 0. The third-order valence-corrected chi connectivity index (χ3v) is 5.03. The first-order chi connectivity index (χ1) is 13.7. The van der Waals surface area contributed by atoms with Crippen LogP contribution >= 0.6 is 0 Å². The van der Waals surface area contributed by atoms with E-state index in [1.54, 1.807) is 0 Å². The van der Waals surface area contributed by atoms with Crippen LogP contribution in [0.3, 0.4) is 0 Å². The molecule has 1 aromatic carbocycles. The van der Waals surface area contributed by atoms with Gasteiger partial charge in [-0.15, -0.1) is 0 Å². The van der Waals surface area contributed by atoms with Gasteiger partial charge in [-0.25, -0.2) is 26.9 Å². The Morgan fingerprint density at radius 3 is 2.45 bits per heavy atom. The van der Waals surface area contributed by atoms with E-state index in [2.05, 4.69) is 9.98 Å². The Labute approximate surface area is 162 Å². The summed E-state index contributed by atoms with van der Waals surface area (Å²) < 4.78 is 69.7. The Balaban J connectivity index is 2.19. The lowest BCUT2D eigenvalue weighted by Crippen LogP contribution is -2.49. The molecule has 10 heteroatoms. The van der Waals surface area contributed by atoms with Crippen LogP contribution in [-0.4, -0.2) is 35.7 Å². The van der Waals surface area contributed by atoms with Crippen LogP contribution in [0, 0.1) is 11.6 Å². The minimum absolute atomic E-state index is 0.0379. The number of nitrogens with two attached hydrogens (primary N) is 2. The molecule has 4 N–H and O–H groups in total. The van der Waals surface area contributed by atoms with Gasteiger partial charge in [0.2, 0.25) is 0 Å². The summed E-state index contributed by atoms with van der Waals surface area (Å²) in [6.45, 7) is -2.68. The van der Waals surface area contributed by atoms with Crippen molar-refractivity contribution in [3.8, 4) is 11.1 Å². The fourth-order valence-electron chi connectivity index (χ4n) is 3.32. The normalized spacial score (nSPS) is 24.2. The van der Waals surface area contributed by atoms with Crippen LogP contribution in [0.15, 0.2) is 35.5 Å². The SMILES string of the molecule is NC(=O)c1ncc(F)cc1-c1ccc(F)c([C@]2(CF)CC[C@@](F)(CF)C(N)=N2)c1. The number of amides is 1. The van der Waals surface area contributed by atoms with E-state index in [0.717, 1.165) is 24.4 Å². The van der Waals surface area contributed by atoms with Gasteiger partial charge < -0.3 is 11.5 Å². The lowest BCUT2D eigenvalue weighted by molar-refractivity contribution is 0.0996. The summed E-state index contributed by atoms with van der Waals surface area (Å²) in [4.78, 5) is 19.0. The minimum Gasteiger partial charge on any atom is -0.385 e. The number of aromatic nitrogens is 1. The maximum atomic E-state index is 14.6. The molecule has 0 radical (unpaired) electrons. The van der Waals surface area contributed by atoms with Crippen molar-refractivity contribution < 1.29 is 26.7 Å². The number of primary amides is 1. The van der Waals surface area contributed by atoms with E-state index < -0.39 is 54.4 Å². The standard InChI is InChI=1S/C19H17F5N4O/c20-8-18(24)3-4-19(9-21,28-17(18)26)13-5-10(1-2-14(13)23)12-6-11(22)7-27-15(12)16(25)29/h1-2,5-7H,3-4,8-9H2,(H2,25,29)(H2,26,28)/t18-,19-/m1/s1. The molecule has 1 aromatic heterocycles. The number of carbonyl (C=O) groups is 1. The summed E-state index contributed by atoms with van der Waals surface area (Å²) in [5.41, 5.74) is 5.86. The number of rotatable bonds is 5. The van der Waals surface area contributed by atoms with E-state index in [9.17, 15) is 26.7 Å². The van der Waals surface area contributed by atoms with Crippen LogP contribution in [-0.2, 0) is 5.54 Å². The Morgan fingerprint density at radius 2 is 1.86 bits per heavy atom. The molecule has 0 saturated carbocycles. The Kier molecular flexibility index (Phi) is 5.29. The van der Waals surface area contributed by atoms with Crippen LogP contribution in [0.1, 0.15) is 28.9 Å². The molecule has 0 unspecified atom stereocenters. The molecule has 0 bridgehead atoms. The Hall–Kier alpha value is -3.04. The van der Waals surface area contributed by atoms with Crippen molar-refractivity contribution in [2.75, 3.05) is 13.3 Å². The molecule has 2 aromatic rings. The van der Waals surface area contributed by atoms with Gasteiger partial charge in [-0.2, -0.15) is 0 Å². The predicted octanol–water partition coefficient (Wildman–Crippen LogP) is 3.12. The molecular formula is C19H17F5N4O. The number of hydrogen-bond donors (Lipinski definition) is 2. The number of amidine groups is 1. The molecule has 0 fully saturated rings. The molecule has 29 heavy (non-hydrogen) atoms. The van der Waals surface area contributed by atoms with E-state index in [1.807, 2.05) is 0 Å². The number of alkyl halides is 3. The second-order valence-electron chi connectivity index (χ2n) is 6.87. The number of nitrogens with zero attached hydrogens (tertiary/aromatic N) is 2. The van der Waals surface area contributed by atoms with Crippen molar-refractivity contribution in [3.63, 3.8) is 0 Å². The highest BCUT2D eigenvalue weighted by Gasteiger charge is 2.47. The van der Waals surface area contributed by atoms with Crippen LogP contribution in [0.4, 0.5) is 22.0 Å². The van der Waals surface area contributed by atoms with Crippen LogP contribution in [0.5, 0.6) is 0 Å². The molecule has 0 saturated heterocycles. The lowest BCUT2D eigenvalue weighted by Gasteiger charge is -2.37. The average Bonchev–Trinajstić information content (AvgIpc) is 2.70. The predicted molar refractivity (Wildman–Crippen MR) is 96.4 cm³/mol. The molecule has 1 aliphatic heterocycles. The van der Waals surface area contributed by atoms with Gasteiger partial charge in [0.1, 0.15) is 42.1 Å². The van der Waals surface area contributed by atoms with Gasteiger partial charge >= 0.3 is 0 Å². The van der Waals surface area contributed by atoms with E-state index in [1.165, 1.54) is 6.07 Å². The van der Waals surface area contributed by atoms with Crippen molar-refractivity contribution >= 4 is 11.7 Å². The number of halogens is 5. The highest BCUT2D eigenvalue weighted by atomic mass is 19.2. The van der Waals surface area contributed by atoms with E-state index in [0.29, 0.717) is 0 Å². The summed E-state index contributed by atoms with van der Waals surface area (Å²) in [6, 6.07) is 4.32. The van der Waals surface area contributed by atoms with E-state index in [4.69, 9.17) is 11.5 Å². The second-order valence-corrected chi connectivity index (χ2v) is 6.87. The number of carbonyl (C=O) groups excluding carboxylic acids is 1. The summed E-state index contributed by atoms with van der Waals surface area (Å²) in [7, 11) is 0. The maximum absolute atomic E-state index is 14.6. The highest BCUT2D eigenvalue weighted by molar-refractivity contribution is 5.98. The van der Waals surface area contributed by atoms with Crippen LogP contribution in [0.25, 0.3) is 11.1 Å². The van der Waals surface area contributed by atoms with Crippen LogP contribution < -0.4 is 11.5 Å². The number of benzene rings is 1. The topological polar surface area (TPSA) is 94.4 Å². The molecule has 1 amide bonds. The second kappa shape index (κ2) is 7.41. The lowest BCUT2D eigenvalue weighted by atomic mass is 9.79. The molecule has 2 atom stereocenters. The van der Waals surface area contributed by atoms with Gasteiger partial charge in [0.15, 0.2) is 5.67 Å². The van der Waals surface area contributed by atoms with Crippen molar-refractivity contribution in [1.82, 2.24) is 4.98 Å². The van der Waals surface area contributed by atoms with Crippen molar-refractivity contribution in [2.45, 2.75) is 24.0 Å². The van der Waals surface area contributed by atoms with E-state index in [-0.39, 0.29) is 28.8 Å². The number of aliphatic imine (C=N–C) groups is 1. The third kappa shape index (κ3) is 3.54. The van der Waals surface area contributed by atoms with Gasteiger partial charge in [0, 0.05) is 11.1 Å². The Bertz CT molecular complexity index is 999. The maximum Gasteiger partial charge on any atom is 0.267 e. The first-order valence-corrected chi connectivity index (χ1v) is 8.58. The first-order valence-electron chi connectivity index (χ1n) is 8.58. The van der Waals surface area contributed by atoms with Crippen molar-refractivity contribution in [3.05, 3.63) is 53.4 Å². The molecule has 1 aliphatic rings. The van der Waals surface area contributed by atoms with Gasteiger partial charge in [-0.05, 0) is 36.6 Å². The first kappa shape index (κ1) is 20.7. The zero-order valence-electron chi connectivity index (χ0n) is 15.1. The third-order valence-electron chi connectivity index (χ3n) is 5.03. The fourth-order valence-corrected chi connectivity index (χ4v) is 3.32. The quantitative estimate of drug-likeness (QED) is 0.739. The van der Waals surface area contributed by atoms with Crippen LogP contribution in [0.2, 0.25) is 0 Å². The largest absolute Gasteiger partial charge is 0.385 e. The summed E-state index contributed by atoms with van der Waals surface area (Å²) >= 11 is 0.